The molecule has 20 heavy (non-hydrogen) atoms. The molecule has 1 aromatic carbocycles. The molecule has 0 spiro atoms. The molecule has 1 heterocycles. The van der Waals surface area contributed by atoms with Gasteiger partial charge in [0, 0.05) is 16.4 Å². The number of rotatable bonds is 4. The predicted octanol–water partition coefficient (Wildman–Crippen LogP) is 3.30. The number of halogens is 2. The van der Waals surface area contributed by atoms with Gasteiger partial charge in [0.15, 0.2) is 0 Å². The zero-order valence-corrected chi connectivity index (χ0v) is 12.7. The molecule has 0 atom stereocenters. The molecule has 4 nitrogen and oxygen atoms in total. The number of nitrogens with two attached hydrogens (primary N) is 1. The van der Waals surface area contributed by atoms with Crippen LogP contribution in [0.25, 0.3) is 0 Å². The second-order valence-corrected chi connectivity index (χ2v) is 5.68. The summed E-state index contributed by atoms with van der Waals surface area (Å²) in [6.45, 7) is 0. The van der Waals surface area contributed by atoms with Crippen LogP contribution in [0.4, 0.5) is 15.8 Å². The van der Waals surface area contributed by atoms with Crippen molar-refractivity contribution in [3.63, 3.8) is 0 Å². The Morgan fingerprint density at radius 2 is 2.25 bits per heavy atom. The Morgan fingerprint density at radius 3 is 2.95 bits per heavy atom. The van der Waals surface area contributed by atoms with Crippen molar-refractivity contribution in [1.29, 1.82) is 0 Å². The smallest absolute Gasteiger partial charge is 0.234 e. The standard InChI is InChI=1S/C13H11BrFN3OS/c14-9-2-1-5-17-13(9)20-7-12(19)18-8-3-4-10(15)11(16)6-8/h1-6H,7,16H2,(H,18,19). The quantitative estimate of drug-likeness (QED) is 0.652. The van der Waals surface area contributed by atoms with Gasteiger partial charge < -0.3 is 11.1 Å². The molecule has 0 saturated carbocycles. The monoisotopic (exact) mass is 355 g/mol. The number of nitrogens with one attached hydrogen (secondary N) is 1. The molecule has 2 rings (SSSR count). The van der Waals surface area contributed by atoms with E-state index in [0.717, 1.165) is 9.50 Å². The van der Waals surface area contributed by atoms with Crippen molar-refractivity contribution in [1.82, 2.24) is 4.98 Å². The van der Waals surface area contributed by atoms with Crippen LogP contribution in [0.2, 0.25) is 0 Å². The van der Waals surface area contributed by atoms with Gasteiger partial charge >= 0.3 is 0 Å². The normalized spacial score (nSPS) is 10.3. The number of hydrogen-bond donors (Lipinski definition) is 2. The van der Waals surface area contributed by atoms with Gasteiger partial charge in [0.2, 0.25) is 5.91 Å². The van der Waals surface area contributed by atoms with Crippen LogP contribution in [0.5, 0.6) is 0 Å². The number of nitrogen functional groups attached to an aromatic ring is 1. The van der Waals surface area contributed by atoms with E-state index in [2.05, 4.69) is 26.2 Å². The first-order chi connectivity index (χ1) is 9.56. The summed E-state index contributed by atoms with van der Waals surface area (Å²) in [5.41, 5.74) is 5.90. The third-order valence-electron chi connectivity index (χ3n) is 2.34. The number of benzene rings is 1. The Kier molecular flexibility index (Phi) is 4.97. The third-order valence-corrected chi connectivity index (χ3v) is 4.25. The summed E-state index contributed by atoms with van der Waals surface area (Å²) in [6.07, 6.45) is 1.66. The van der Waals surface area contributed by atoms with E-state index in [1.54, 1.807) is 12.3 Å². The van der Waals surface area contributed by atoms with Gasteiger partial charge in [0.05, 0.1) is 11.4 Å². The number of thioether (sulfide) groups is 1. The Hall–Kier alpha value is -1.60. The summed E-state index contributed by atoms with van der Waals surface area (Å²) >= 11 is 4.66. The van der Waals surface area contributed by atoms with E-state index in [4.69, 9.17) is 5.73 Å². The van der Waals surface area contributed by atoms with Crippen molar-refractivity contribution >= 4 is 45.0 Å². The van der Waals surface area contributed by atoms with Crippen molar-refractivity contribution in [2.24, 2.45) is 0 Å². The first kappa shape index (κ1) is 14.8. The first-order valence-corrected chi connectivity index (χ1v) is 7.42. The van der Waals surface area contributed by atoms with Crippen LogP contribution >= 0.6 is 27.7 Å². The van der Waals surface area contributed by atoms with Gasteiger partial charge in [-0.15, -0.1) is 0 Å². The van der Waals surface area contributed by atoms with Crippen molar-refractivity contribution < 1.29 is 9.18 Å². The van der Waals surface area contributed by atoms with E-state index < -0.39 is 5.82 Å². The minimum absolute atomic E-state index is 0.00271. The number of hydrogen-bond acceptors (Lipinski definition) is 4. The number of nitrogens with zero attached hydrogens (tertiary/aromatic N) is 1. The largest absolute Gasteiger partial charge is 0.396 e. The summed E-state index contributed by atoms with van der Waals surface area (Å²) in [4.78, 5) is 15.9. The van der Waals surface area contributed by atoms with Gasteiger partial charge in [-0.25, -0.2) is 9.37 Å². The highest BCUT2D eigenvalue weighted by Gasteiger charge is 2.08. The minimum atomic E-state index is -0.505. The van der Waals surface area contributed by atoms with E-state index in [9.17, 15) is 9.18 Å². The molecular weight excluding hydrogens is 345 g/mol. The molecule has 0 fully saturated rings. The highest BCUT2D eigenvalue weighted by atomic mass is 79.9. The fourth-order valence-electron chi connectivity index (χ4n) is 1.43. The van der Waals surface area contributed by atoms with Gasteiger partial charge in [0.25, 0.3) is 0 Å². The lowest BCUT2D eigenvalue weighted by Crippen LogP contribution is -2.14. The van der Waals surface area contributed by atoms with Gasteiger partial charge in [-0.2, -0.15) is 0 Å². The zero-order valence-electron chi connectivity index (χ0n) is 10.3. The van der Waals surface area contributed by atoms with Crippen LogP contribution in [0, 0.1) is 5.82 Å². The highest BCUT2D eigenvalue weighted by Crippen LogP contribution is 2.24. The van der Waals surface area contributed by atoms with E-state index in [1.165, 1.54) is 30.0 Å². The lowest BCUT2D eigenvalue weighted by atomic mass is 10.2. The van der Waals surface area contributed by atoms with Gasteiger partial charge in [-0.05, 0) is 46.3 Å². The Bertz CT molecular complexity index is 639. The van der Waals surface area contributed by atoms with Crippen molar-refractivity contribution in [3.05, 3.63) is 46.8 Å². The molecule has 104 valence electrons. The Labute approximate surface area is 128 Å². The Morgan fingerprint density at radius 1 is 1.45 bits per heavy atom. The third kappa shape index (κ3) is 3.94. The Balaban J connectivity index is 1.93. The zero-order chi connectivity index (χ0) is 14.5. The molecule has 0 aliphatic heterocycles. The van der Waals surface area contributed by atoms with E-state index in [-0.39, 0.29) is 17.3 Å². The molecule has 1 aromatic heterocycles. The van der Waals surface area contributed by atoms with Gasteiger partial charge in [-0.1, -0.05) is 11.8 Å². The molecule has 0 bridgehead atoms. The van der Waals surface area contributed by atoms with E-state index in [1.807, 2.05) is 6.07 Å². The summed E-state index contributed by atoms with van der Waals surface area (Å²) in [5.74, 6) is -0.513. The van der Waals surface area contributed by atoms with Crippen LogP contribution in [0.1, 0.15) is 0 Å². The van der Waals surface area contributed by atoms with E-state index in [0.29, 0.717) is 5.69 Å². The second-order valence-electron chi connectivity index (χ2n) is 3.86. The van der Waals surface area contributed by atoms with Crippen molar-refractivity contribution in [2.45, 2.75) is 5.03 Å². The van der Waals surface area contributed by atoms with Crippen molar-refractivity contribution in [3.8, 4) is 0 Å². The molecule has 1 amide bonds. The number of anilines is 2. The number of aromatic nitrogens is 1. The van der Waals surface area contributed by atoms with Crippen LogP contribution in [-0.4, -0.2) is 16.6 Å². The minimum Gasteiger partial charge on any atom is -0.396 e. The summed E-state index contributed by atoms with van der Waals surface area (Å²) in [7, 11) is 0. The van der Waals surface area contributed by atoms with E-state index >= 15 is 0 Å². The average molecular weight is 356 g/mol. The molecule has 0 aliphatic carbocycles. The van der Waals surface area contributed by atoms with Crippen LogP contribution in [0.15, 0.2) is 46.0 Å². The summed E-state index contributed by atoms with van der Waals surface area (Å²) in [6, 6.07) is 7.72. The van der Waals surface area contributed by atoms with Crippen LogP contribution in [0.3, 0.4) is 0 Å². The molecule has 3 N–H and O–H groups in total. The number of carbonyl (C=O) groups is 1. The molecule has 2 aromatic rings. The van der Waals surface area contributed by atoms with Gasteiger partial charge in [-0.3, -0.25) is 4.79 Å². The predicted molar refractivity (Wildman–Crippen MR) is 82.1 cm³/mol. The molecular formula is C13H11BrFN3OS. The van der Waals surface area contributed by atoms with Crippen LogP contribution < -0.4 is 11.1 Å². The number of amides is 1. The lowest BCUT2D eigenvalue weighted by Gasteiger charge is -2.06. The van der Waals surface area contributed by atoms with Gasteiger partial charge in [0.1, 0.15) is 10.8 Å². The molecule has 0 radical (unpaired) electrons. The molecule has 7 heteroatoms. The maximum atomic E-state index is 13.0. The maximum Gasteiger partial charge on any atom is 0.234 e. The molecule has 0 saturated heterocycles. The molecule has 0 unspecified atom stereocenters. The first-order valence-electron chi connectivity index (χ1n) is 5.64. The highest BCUT2D eigenvalue weighted by molar-refractivity contribution is 9.10. The number of carbonyl (C=O) groups excluding carboxylic acids is 1. The topological polar surface area (TPSA) is 68.0 Å². The average Bonchev–Trinajstić information content (AvgIpc) is 2.42. The SMILES string of the molecule is Nc1cc(NC(=O)CSc2ncccc2Br)ccc1F. The van der Waals surface area contributed by atoms with Crippen LogP contribution in [-0.2, 0) is 4.79 Å². The second kappa shape index (κ2) is 6.71. The summed E-state index contributed by atoms with van der Waals surface area (Å²) in [5, 5.41) is 3.39. The fourth-order valence-corrected chi connectivity index (χ4v) is 2.71. The summed E-state index contributed by atoms with van der Waals surface area (Å²) < 4.78 is 13.8. The van der Waals surface area contributed by atoms with Crippen molar-refractivity contribution in [2.75, 3.05) is 16.8 Å². The number of pyridine rings is 1. The maximum absolute atomic E-state index is 13.0. The fraction of sp³-hybridized carbons (Fsp3) is 0.0769. The lowest BCUT2D eigenvalue weighted by molar-refractivity contribution is -0.113. The molecule has 0 aliphatic rings.